The van der Waals surface area contributed by atoms with Crippen molar-refractivity contribution in [3.8, 4) is 0 Å². The van der Waals surface area contributed by atoms with Gasteiger partial charge in [-0.3, -0.25) is 14.9 Å². The quantitative estimate of drug-likeness (QED) is 0.936. The third kappa shape index (κ3) is 2.95. The molecule has 0 radical (unpaired) electrons. The van der Waals surface area contributed by atoms with Gasteiger partial charge in [0.15, 0.2) is 0 Å². The van der Waals surface area contributed by atoms with Crippen molar-refractivity contribution in [3.63, 3.8) is 0 Å². The van der Waals surface area contributed by atoms with E-state index >= 15 is 0 Å². The number of carbonyl (C=O) groups excluding carboxylic acids is 2. The summed E-state index contributed by atoms with van der Waals surface area (Å²) in [6, 6.07) is 9.37. The summed E-state index contributed by atoms with van der Waals surface area (Å²) in [5, 5.41) is 2.65. The topological polar surface area (TPSA) is 75.2 Å². The first kappa shape index (κ1) is 14.2. The van der Waals surface area contributed by atoms with Gasteiger partial charge in [0.1, 0.15) is 0 Å². The molecule has 0 aliphatic carbocycles. The van der Waals surface area contributed by atoms with Gasteiger partial charge in [-0.15, -0.1) is 0 Å². The molecule has 1 aliphatic rings. The fourth-order valence-corrected chi connectivity index (χ4v) is 2.43. The molecule has 2 amide bonds. The number of benzene rings is 1. The van der Waals surface area contributed by atoms with Crippen LogP contribution in [0.25, 0.3) is 0 Å². The SMILES string of the molecule is Cc1ccc(N2C[C@@H](C(=O)Nc3ncccn3)CC2=O)cc1. The fourth-order valence-electron chi connectivity index (χ4n) is 2.43. The highest BCUT2D eigenvalue weighted by Crippen LogP contribution is 2.25. The van der Waals surface area contributed by atoms with Crippen molar-refractivity contribution in [3.05, 3.63) is 48.3 Å². The lowest BCUT2D eigenvalue weighted by Crippen LogP contribution is -2.28. The van der Waals surface area contributed by atoms with E-state index in [9.17, 15) is 9.59 Å². The minimum absolute atomic E-state index is 0.0435. The lowest BCUT2D eigenvalue weighted by atomic mass is 10.1. The average Bonchev–Trinajstić information content (AvgIpc) is 2.91. The van der Waals surface area contributed by atoms with Gasteiger partial charge in [0.2, 0.25) is 17.8 Å². The maximum atomic E-state index is 12.2. The Labute approximate surface area is 128 Å². The van der Waals surface area contributed by atoms with Crippen molar-refractivity contribution in [2.45, 2.75) is 13.3 Å². The number of rotatable bonds is 3. The van der Waals surface area contributed by atoms with E-state index in [4.69, 9.17) is 0 Å². The molecule has 22 heavy (non-hydrogen) atoms. The van der Waals surface area contributed by atoms with E-state index in [0.717, 1.165) is 11.3 Å². The van der Waals surface area contributed by atoms with Crippen molar-refractivity contribution in [2.75, 3.05) is 16.8 Å². The summed E-state index contributed by atoms with van der Waals surface area (Å²) in [6.45, 7) is 2.37. The van der Waals surface area contributed by atoms with Crippen LogP contribution in [0.3, 0.4) is 0 Å². The van der Waals surface area contributed by atoms with E-state index in [1.807, 2.05) is 31.2 Å². The second kappa shape index (κ2) is 5.93. The molecule has 0 unspecified atom stereocenters. The third-order valence-corrected chi connectivity index (χ3v) is 3.64. The number of aromatic nitrogens is 2. The van der Waals surface area contributed by atoms with Crippen molar-refractivity contribution < 1.29 is 9.59 Å². The molecule has 1 saturated heterocycles. The van der Waals surface area contributed by atoms with Crippen molar-refractivity contribution >= 4 is 23.5 Å². The van der Waals surface area contributed by atoms with Gasteiger partial charge >= 0.3 is 0 Å². The van der Waals surface area contributed by atoms with Crippen LogP contribution in [-0.4, -0.2) is 28.3 Å². The van der Waals surface area contributed by atoms with E-state index in [-0.39, 0.29) is 24.2 Å². The minimum atomic E-state index is -0.391. The third-order valence-electron chi connectivity index (χ3n) is 3.64. The first-order valence-corrected chi connectivity index (χ1v) is 7.08. The predicted octanol–water partition coefficient (Wildman–Crippen LogP) is 1.78. The predicted molar refractivity (Wildman–Crippen MR) is 82.3 cm³/mol. The molecule has 0 spiro atoms. The maximum absolute atomic E-state index is 12.2. The summed E-state index contributed by atoms with van der Waals surface area (Å²) in [7, 11) is 0. The Morgan fingerprint density at radius 1 is 1.23 bits per heavy atom. The minimum Gasteiger partial charge on any atom is -0.312 e. The number of anilines is 2. The van der Waals surface area contributed by atoms with Crippen molar-refractivity contribution in [1.82, 2.24) is 9.97 Å². The van der Waals surface area contributed by atoms with Crippen LogP contribution in [0, 0.1) is 12.8 Å². The van der Waals surface area contributed by atoms with Crippen LogP contribution in [-0.2, 0) is 9.59 Å². The van der Waals surface area contributed by atoms with Crippen LogP contribution in [0.15, 0.2) is 42.7 Å². The molecule has 3 rings (SSSR count). The summed E-state index contributed by atoms with van der Waals surface area (Å²) in [5.41, 5.74) is 1.95. The van der Waals surface area contributed by atoms with Gasteiger partial charge in [0.05, 0.1) is 5.92 Å². The Kier molecular flexibility index (Phi) is 3.82. The van der Waals surface area contributed by atoms with Gasteiger partial charge in [0, 0.05) is 31.0 Å². The number of nitrogens with one attached hydrogen (secondary N) is 1. The monoisotopic (exact) mass is 296 g/mol. The molecule has 1 aromatic heterocycles. The molecule has 6 heteroatoms. The molecule has 2 aromatic rings. The van der Waals surface area contributed by atoms with Gasteiger partial charge in [-0.05, 0) is 25.1 Å². The molecule has 112 valence electrons. The average molecular weight is 296 g/mol. The first-order valence-electron chi connectivity index (χ1n) is 7.08. The van der Waals surface area contributed by atoms with E-state index in [0.29, 0.717) is 6.54 Å². The molecule has 1 fully saturated rings. The summed E-state index contributed by atoms with van der Waals surface area (Å²) < 4.78 is 0. The number of nitrogens with zero attached hydrogens (tertiary/aromatic N) is 3. The molecule has 6 nitrogen and oxygen atoms in total. The molecule has 1 aromatic carbocycles. The van der Waals surface area contributed by atoms with Crippen LogP contribution in [0.2, 0.25) is 0 Å². The smallest absolute Gasteiger partial charge is 0.232 e. The number of carbonyl (C=O) groups is 2. The Hall–Kier alpha value is -2.76. The van der Waals surface area contributed by atoms with Crippen LogP contribution in [0.5, 0.6) is 0 Å². The second-order valence-electron chi connectivity index (χ2n) is 5.30. The lowest BCUT2D eigenvalue weighted by Gasteiger charge is -2.16. The summed E-state index contributed by atoms with van der Waals surface area (Å²) in [6.07, 6.45) is 3.31. The highest BCUT2D eigenvalue weighted by atomic mass is 16.2. The Morgan fingerprint density at radius 2 is 1.91 bits per heavy atom. The van der Waals surface area contributed by atoms with Gasteiger partial charge in [-0.1, -0.05) is 17.7 Å². The Morgan fingerprint density at radius 3 is 2.59 bits per heavy atom. The molecule has 1 N–H and O–H groups in total. The Balaban J connectivity index is 1.69. The van der Waals surface area contributed by atoms with Gasteiger partial charge < -0.3 is 4.90 Å². The summed E-state index contributed by atoms with van der Waals surface area (Å²) in [5.74, 6) is -0.404. The maximum Gasteiger partial charge on any atom is 0.232 e. The summed E-state index contributed by atoms with van der Waals surface area (Å²) >= 11 is 0. The molecule has 0 saturated carbocycles. The van der Waals surface area contributed by atoms with Crippen LogP contribution in [0.1, 0.15) is 12.0 Å². The highest BCUT2D eigenvalue weighted by Gasteiger charge is 2.35. The highest BCUT2D eigenvalue weighted by molar-refractivity contribution is 6.03. The number of hydrogen-bond donors (Lipinski definition) is 1. The van der Waals surface area contributed by atoms with Crippen LogP contribution in [0.4, 0.5) is 11.6 Å². The molecular formula is C16H16N4O2. The summed E-state index contributed by atoms with van der Waals surface area (Å²) in [4.78, 5) is 33.9. The van der Waals surface area contributed by atoms with Crippen LogP contribution >= 0.6 is 0 Å². The fraction of sp³-hybridized carbons (Fsp3) is 0.250. The normalized spacial score (nSPS) is 17.6. The standard InChI is InChI=1S/C16H16N4O2/c1-11-3-5-13(6-4-11)20-10-12(9-14(20)21)15(22)19-16-17-7-2-8-18-16/h2-8,12H,9-10H2,1H3,(H,17,18,19,22)/t12-/m0/s1. The molecule has 0 bridgehead atoms. The zero-order valence-electron chi connectivity index (χ0n) is 12.2. The zero-order chi connectivity index (χ0) is 15.5. The number of hydrogen-bond acceptors (Lipinski definition) is 4. The van der Waals surface area contributed by atoms with Gasteiger partial charge in [-0.25, -0.2) is 9.97 Å². The van der Waals surface area contributed by atoms with Crippen LogP contribution < -0.4 is 10.2 Å². The molecule has 1 aliphatic heterocycles. The van der Waals surface area contributed by atoms with E-state index in [1.165, 1.54) is 0 Å². The molecule has 2 heterocycles. The van der Waals surface area contributed by atoms with E-state index < -0.39 is 5.92 Å². The zero-order valence-corrected chi connectivity index (χ0v) is 12.2. The van der Waals surface area contributed by atoms with E-state index in [2.05, 4.69) is 15.3 Å². The Bertz CT molecular complexity index is 685. The van der Waals surface area contributed by atoms with Gasteiger partial charge in [-0.2, -0.15) is 0 Å². The van der Waals surface area contributed by atoms with Crippen molar-refractivity contribution in [2.24, 2.45) is 5.92 Å². The molecular weight excluding hydrogens is 280 g/mol. The largest absolute Gasteiger partial charge is 0.312 e. The first-order chi connectivity index (χ1) is 10.6. The number of amides is 2. The molecule has 1 atom stereocenters. The lowest BCUT2D eigenvalue weighted by molar-refractivity contribution is -0.122. The van der Waals surface area contributed by atoms with Crippen molar-refractivity contribution in [1.29, 1.82) is 0 Å². The number of aryl methyl sites for hydroxylation is 1. The second-order valence-corrected chi connectivity index (χ2v) is 5.30. The van der Waals surface area contributed by atoms with Gasteiger partial charge in [0.25, 0.3) is 0 Å². The van der Waals surface area contributed by atoms with E-state index in [1.54, 1.807) is 23.4 Å².